The summed E-state index contributed by atoms with van der Waals surface area (Å²) in [7, 11) is -2.15. The molecule has 0 aliphatic heterocycles. The Morgan fingerprint density at radius 2 is 1.67 bits per heavy atom. The maximum absolute atomic E-state index is 6.24. The van der Waals surface area contributed by atoms with Crippen molar-refractivity contribution in [2.24, 2.45) is 0 Å². The number of hydrogen-bond donors (Lipinski definition) is 0. The number of thiophene rings is 1. The number of unbranched alkanes of at least 4 members (excludes halogenated alkanes) is 2. The Morgan fingerprint density at radius 1 is 1.06 bits per heavy atom. The third-order valence-electron chi connectivity index (χ3n) is 3.03. The van der Waals surface area contributed by atoms with Gasteiger partial charge in [0.25, 0.3) is 0 Å². The molecule has 0 unspecified atom stereocenters. The van der Waals surface area contributed by atoms with Crippen molar-refractivity contribution in [3.05, 3.63) is 17.5 Å². The highest BCUT2D eigenvalue weighted by atomic mass is 32.1. The lowest BCUT2D eigenvalue weighted by atomic mass is 10.4. The molecule has 2 nitrogen and oxygen atoms in total. The third kappa shape index (κ3) is 4.50. The van der Waals surface area contributed by atoms with Gasteiger partial charge in [-0.05, 0) is 30.3 Å². The summed E-state index contributed by atoms with van der Waals surface area (Å²) in [5, 5.41) is 2.12. The first-order valence-electron chi connectivity index (χ1n) is 7.11. The summed E-state index contributed by atoms with van der Waals surface area (Å²) < 4.78 is 13.8. The Balaban J connectivity index is 2.69. The van der Waals surface area contributed by atoms with E-state index in [0.29, 0.717) is 0 Å². The molecule has 18 heavy (non-hydrogen) atoms. The Bertz CT molecular complexity index is 291. The molecule has 0 aromatic carbocycles. The molecule has 0 aliphatic carbocycles. The van der Waals surface area contributed by atoms with Gasteiger partial charge in [-0.15, -0.1) is 11.3 Å². The summed E-state index contributed by atoms with van der Waals surface area (Å²) in [6, 6.07) is 5.28. The highest BCUT2D eigenvalue weighted by molar-refractivity contribution is 7.23. The van der Waals surface area contributed by atoms with E-state index in [1.54, 1.807) is 11.3 Å². The van der Waals surface area contributed by atoms with E-state index in [2.05, 4.69) is 38.3 Å². The van der Waals surface area contributed by atoms with Crippen molar-refractivity contribution in [1.82, 2.24) is 0 Å². The quantitative estimate of drug-likeness (QED) is 0.477. The van der Waals surface area contributed by atoms with Crippen LogP contribution in [0.2, 0.25) is 6.04 Å². The lowest BCUT2D eigenvalue weighted by molar-refractivity contribution is 0.176. The molecule has 0 N–H and O–H groups in total. The van der Waals surface area contributed by atoms with Crippen molar-refractivity contribution < 1.29 is 8.85 Å². The normalized spacial score (nSPS) is 11.9. The lowest BCUT2D eigenvalue weighted by Gasteiger charge is -2.28. The van der Waals surface area contributed by atoms with E-state index in [-0.39, 0.29) is 0 Å². The minimum absolute atomic E-state index is 0.834. The lowest BCUT2D eigenvalue weighted by Crippen LogP contribution is -2.52. The van der Waals surface area contributed by atoms with E-state index in [1.807, 2.05) is 0 Å². The Kier molecular flexibility index (Phi) is 7.82. The fourth-order valence-corrected chi connectivity index (χ4v) is 6.41. The van der Waals surface area contributed by atoms with Crippen LogP contribution in [0.1, 0.15) is 46.5 Å². The van der Waals surface area contributed by atoms with Crippen LogP contribution in [0, 0.1) is 0 Å². The second kappa shape index (κ2) is 8.86. The van der Waals surface area contributed by atoms with Gasteiger partial charge in [-0.1, -0.05) is 39.7 Å². The second-order valence-electron chi connectivity index (χ2n) is 4.49. The zero-order valence-corrected chi connectivity index (χ0v) is 13.7. The van der Waals surface area contributed by atoms with E-state index in [4.69, 9.17) is 8.85 Å². The first-order valence-corrected chi connectivity index (χ1v) is 10.0. The van der Waals surface area contributed by atoms with E-state index < -0.39 is 8.56 Å². The molecule has 1 aromatic heterocycles. The maximum atomic E-state index is 6.24. The van der Waals surface area contributed by atoms with E-state index in [9.17, 15) is 0 Å². The molecule has 0 atom stereocenters. The number of hydrogen-bond acceptors (Lipinski definition) is 3. The standard InChI is InChI=1S/C14H26O2SSi/c1-4-7-11-15-18(6-3,16-12-8-5-2)14-10-9-13-17-14/h9-10,13H,4-8,11-12H2,1-3H3. The van der Waals surface area contributed by atoms with Gasteiger partial charge in [-0.2, -0.15) is 0 Å². The van der Waals surface area contributed by atoms with Gasteiger partial charge in [0.1, 0.15) is 0 Å². The summed E-state index contributed by atoms with van der Waals surface area (Å²) in [6.07, 6.45) is 4.59. The summed E-state index contributed by atoms with van der Waals surface area (Å²) in [5.74, 6) is 0. The van der Waals surface area contributed by atoms with Crippen LogP contribution in [-0.2, 0) is 8.85 Å². The fraction of sp³-hybridized carbons (Fsp3) is 0.714. The van der Waals surface area contributed by atoms with Gasteiger partial charge in [0.2, 0.25) is 0 Å². The summed E-state index contributed by atoms with van der Waals surface area (Å²) in [6.45, 7) is 8.26. The molecule has 0 radical (unpaired) electrons. The van der Waals surface area contributed by atoms with Crippen LogP contribution in [0.25, 0.3) is 0 Å². The molecule has 1 heterocycles. The minimum atomic E-state index is -2.15. The highest BCUT2D eigenvalue weighted by Crippen LogP contribution is 2.18. The van der Waals surface area contributed by atoms with Crippen LogP contribution < -0.4 is 4.50 Å². The molecule has 4 heteroatoms. The van der Waals surface area contributed by atoms with Gasteiger partial charge in [0, 0.05) is 17.7 Å². The first-order chi connectivity index (χ1) is 8.79. The monoisotopic (exact) mass is 286 g/mol. The van der Waals surface area contributed by atoms with Crippen molar-refractivity contribution in [1.29, 1.82) is 0 Å². The smallest absolute Gasteiger partial charge is 0.382 e. The van der Waals surface area contributed by atoms with Gasteiger partial charge in [-0.25, -0.2) is 0 Å². The predicted octanol–water partition coefficient (Wildman–Crippen LogP) is 4.05. The van der Waals surface area contributed by atoms with Crippen LogP contribution in [0.5, 0.6) is 0 Å². The SMILES string of the molecule is CCCCO[Si](CC)(OCCCC)c1cccs1. The Labute approximate surface area is 117 Å². The number of rotatable bonds is 10. The van der Waals surface area contributed by atoms with Gasteiger partial charge in [0.05, 0.1) is 0 Å². The molecule has 0 aliphatic rings. The van der Waals surface area contributed by atoms with Gasteiger partial charge in [-0.3, -0.25) is 0 Å². The molecule has 0 spiro atoms. The maximum Gasteiger partial charge on any atom is 0.382 e. The Morgan fingerprint density at radius 3 is 2.06 bits per heavy atom. The van der Waals surface area contributed by atoms with Gasteiger partial charge < -0.3 is 8.85 Å². The van der Waals surface area contributed by atoms with Crippen molar-refractivity contribution in [2.75, 3.05) is 13.2 Å². The largest absolute Gasteiger partial charge is 0.391 e. The van der Waals surface area contributed by atoms with Crippen molar-refractivity contribution in [3.8, 4) is 0 Å². The molecule has 0 saturated heterocycles. The van der Waals surface area contributed by atoms with Crippen LogP contribution in [0.15, 0.2) is 17.5 Å². The van der Waals surface area contributed by atoms with Crippen molar-refractivity contribution in [2.45, 2.75) is 52.5 Å². The average Bonchev–Trinajstić information content (AvgIpc) is 2.92. The van der Waals surface area contributed by atoms with E-state index in [1.165, 1.54) is 17.3 Å². The van der Waals surface area contributed by atoms with E-state index >= 15 is 0 Å². The molecule has 0 saturated carbocycles. The van der Waals surface area contributed by atoms with E-state index in [0.717, 1.165) is 32.1 Å². The van der Waals surface area contributed by atoms with Crippen molar-refractivity contribution in [3.63, 3.8) is 0 Å². The molecule has 0 amide bonds. The molecule has 104 valence electrons. The first kappa shape index (κ1) is 15.9. The average molecular weight is 287 g/mol. The molecule has 0 bridgehead atoms. The minimum Gasteiger partial charge on any atom is -0.391 e. The van der Waals surface area contributed by atoms with Gasteiger partial charge in [0.15, 0.2) is 0 Å². The summed E-state index contributed by atoms with van der Waals surface area (Å²) >= 11 is 1.78. The summed E-state index contributed by atoms with van der Waals surface area (Å²) in [4.78, 5) is 0. The third-order valence-corrected chi connectivity index (χ3v) is 8.19. The molecular formula is C14H26O2SSi. The molecule has 1 rings (SSSR count). The van der Waals surface area contributed by atoms with Crippen LogP contribution >= 0.6 is 11.3 Å². The molecule has 0 fully saturated rings. The zero-order chi connectivity index (χ0) is 13.3. The van der Waals surface area contributed by atoms with Crippen LogP contribution in [0.4, 0.5) is 0 Å². The fourth-order valence-electron chi connectivity index (χ4n) is 1.82. The second-order valence-corrected chi connectivity index (χ2v) is 9.13. The zero-order valence-electron chi connectivity index (χ0n) is 11.9. The summed E-state index contributed by atoms with van der Waals surface area (Å²) in [5.41, 5.74) is 0. The predicted molar refractivity (Wildman–Crippen MR) is 81.9 cm³/mol. The highest BCUT2D eigenvalue weighted by Gasteiger charge is 2.39. The Hall–Kier alpha value is -0.163. The van der Waals surface area contributed by atoms with Crippen LogP contribution in [-0.4, -0.2) is 21.8 Å². The van der Waals surface area contributed by atoms with Gasteiger partial charge >= 0.3 is 8.56 Å². The van der Waals surface area contributed by atoms with Crippen LogP contribution in [0.3, 0.4) is 0 Å². The topological polar surface area (TPSA) is 18.5 Å². The van der Waals surface area contributed by atoms with Crippen molar-refractivity contribution >= 4 is 24.4 Å². The molecular weight excluding hydrogens is 260 g/mol. The molecule has 1 aromatic rings.